The van der Waals surface area contributed by atoms with Gasteiger partial charge in [-0.3, -0.25) is 0 Å². The van der Waals surface area contributed by atoms with Crippen LogP contribution in [0.5, 0.6) is 11.5 Å². The van der Waals surface area contributed by atoms with E-state index in [2.05, 4.69) is 5.32 Å². The van der Waals surface area contributed by atoms with Crippen LogP contribution in [-0.4, -0.2) is 46.4 Å². The number of aliphatic hydroxyl groups is 2. The molecule has 144 valence electrons. The Balaban J connectivity index is 1.69. The highest BCUT2D eigenvalue weighted by Gasteiger charge is 2.31. The fourth-order valence-electron chi connectivity index (χ4n) is 3.20. The second kappa shape index (κ2) is 8.41. The molecule has 0 aliphatic carbocycles. The number of carbonyl (C=O) groups excluding carboxylic acids is 1. The maximum Gasteiger partial charge on any atom is 0.321 e. The third-order valence-electron chi connectivity index (χ3n) is 4.84. The van der Waals surface area contributed by atoms with Gasteiger partial charge in [-0.15, -0.1) is 0 Å². The molecule has 3 rings (SSSR count). The van der Waals surface area contributed by atoms with Gasteiger partial charge in [-0.25, -0.2) is 4.79 Å². The maximum atomic E-state index is 12.7. The van der Waals surface area contributed by atoms with E-state index in [1.165, 1.54) is 0 Å². The molecule has 1 fully saturated rings. The Hall–Kier alpha value is -2.57. The predicted octanol–water partition coefficient (Wildman–Crippen LogP) is 3.53. The normalized spacial score (nSPS) is 20.0. The number of rotatable bonds is 4. The van der Waals surface area contributed by atoms with Crippen LogP contribution in [0.1, 0.15) is 24.8 Å². The van der Waals surface area contributed by atoms with E-state index in [1.54, 1.807) is 11.0 Å². The first-order chi connectivity index (χ1) is 13.0. The van der Waals surface area contributed by atoms with Crippen molar-refractivity contribution in [3.8, 4) is 11.5 Å². The summed E-state index contributed by atoms with van der Waals surface area (Å²) in [4.78, 5) is 14.4. The van der Waals surface area contributed by atoms with E-state index in [0.29, 0.717) is 49.5 Å². The van der Waals surface area contributed by atoms with Crippen LogP contribution in [0.4, 0.5) is 10.5 Å². The van der Waals surface area contributed by atoms with E-state index in [4.69, 9.17) is 4.74 Å². The molecule has 1 aliphatic heterocycles. The number of nitrogens with zero attached hydrogens (tertiary/aromatic N) is 1. The Morgan fingerprint density at radius 2 is 2.00 bits per heavy atom. The number of aliphatic hydroxyl groups excluding tert-OH is 1. The number of benzene rings is 2. The summed E-state index contributed by atoms with van der Waals surface area (Å²) in [5.41, 5.74) is 0.585. The molecule has 6 nitrogen and oxygen atoms in total. The fourth-order valence-corrected chi connectivity index (χ4v) is 3.20. The quantitative estimate of drug-likeness (QED) is 0.769. The van der Waals surface area contributed by atoms with Crippen LogP contribution in [-0.2, 0) is 0 Å². The van der Waals surface area contributed by atoms with Crippen LogP contribution < -0.4 is 10.1 Å². The molecule has 0 saturated carbocycles. The lowest BCUT2D eigenvalue weighted by atomic mass is 9.96. The van der Waals surface area contributed by atoms with Gasteiger partial charge >= 0.3 is 6.03 Å². The number of nitrogens with one attached hydrogen (secondary N) is 1. The first kappa shape index (κ1) is 19.2. The fraction of sp³-hybridized carbons (Fsp3) is 0.381. The Labute approximate surface area is 159 Å². The van der Waals surface area contributed by atoms with Crippen molar-refractivity contribution in [2.45, 2.75) is 31.8 Å². The lowest BCUT2D eigenvalue weighted by molar-refractivity contribution is -0.0247. The molecule has 0 unspecified atom stereocenters. The van der Waals surface area contributed by atoms with Gasteiger partial charge < -0.3 is 25.2 Å². The minimum atomic E-state index is -1.10. The molecule has 1 aliphatic rings. The van der Waals surface area contributed by atoms with Crippen molar-refractivity contribution >= 4 is 11.7 Å². The van der Waals surface area contributed by atoms with Gasteiger partial charge in [0.2, 0.25) is 0 Å². The molecule has 1 saturated heterocycles. The SMILES string of the molecule is Cc1cccc(Oc2ccccc2NC(=O)N2CCC[C@@](O)(CO)CC2)c1. The third kappa shape index (κ3) is 4.99. The standard InChI is InChI=1S/C21H26N2O4/c1-16-6-4-7-17(14-16)27-19-9-3-2-8-18(19)22-20(25)23-12-5-10-21(26,15-24)11-13-23/h2-4,6-9,14,24,26H,5,10-13,15H2,1H3,(H,22,25)/t21-/m0/s1. The van der Waals surface area contributed by atoms with E-state index >= 15 is 0 Å². The molecule has 3 N–H and O–H groups in total. The van der Waals surface area contributed by atoms with Gasteiger partial charge in [0.25, 0.3) is 0 Å². The topological polar surface area (TPSA) is 82.0 Å². The monoisotopic (exact) mass is 370 g/mol. The molecule has 2 amide bonds. The lowest BCUT2D eigenvalue weighted by Crippen LogP contribution is -2.38. The number of urea groups is 1. The second-order valence-corrected chi connectivity index (χ2v) is 7.07. The zero-order valence-electron chi connectivity index (χ0n) is 15.5. The number of ether oxygens (including phenoxy) is 1. The van der Waals surface area contributed by atoms with Crippen molar-refractivity contribution in [2.75, 3.05) is 25.0 Å². The molecule has 2 aromatic carbocycles. The minimum Gasteiger partial charge on any atom is -0.455 e. The molecule has 0 aromatic heterocycles. The van der Waals surface area contributed by atoms with Crippen molar-refractivity contribution < 1.29 is 19.7 Å². The summed E-state index contributed by atoms with van der Waals surface area (Å²) < 4.78 is 5.95. The smallest absolute Gasteiger partial charge is 0.321 e. The summed E-state index contributed by atoms with van der Waals surface area (Å²) in [6, 6.07) is 14.8. The molecular weight excluding hydrogens is 344 g/mol. The van der Waals surface area contributed by atoms with E-state index in [9.17, 15) is 15.0 Å². The molecule has 0 radical (unpaired) electrons. The van der Waals surface area contributed by atoms with Gasteiger partial charge in [0.15, 0.2) is 5.75 Å². The van der Waals surface area contributed by atoms with E-state index < -0.39 is 5.60 Å². The summed E-state index contributed by atoms with van der Waals surface area (Å²) in [7, 11) is 0. The molecule has 1 heterocycles. The highest BCUT2D eigenvalue weighted by molar-refractivity contribution is 5.91. The van der Waals surface area contributed by atoms with Gasteiger partial charge in [-0.2, -0.15) is 0 Å². The highest BCUT2D eigenvalue weighted by atomic mass is 16.5. The van der Waals surface area contributed by atoms with Crippen LogP contribution in [0.3, 0.4) is 0 Å². The minimum absolute atomic E-state index is 0.238. The highest BCUT2D eigenvalue weighted by Crippen LogP contribution is 2.30. The average Bonchev–Trinajstić information content (AvgIpc) is 2.86. The summed E-state index contributed by atoms with van der Waals surface area (Å²) in [6.45, 7) is 2.64. The third-order valence-corrected chi connectivity index (χ3v) is 4.84. The van der Waals surface area contributed by atoms with Crippen LogP contribution in [0.2, 0.25) is 0 Å². The number of amides is 2. The number of likely N-dealkylation sites (tertiary alicyclic amines) is 1. The van der Waals surface area contributed by atoms with Gasteiger partial charge in [0.1, 0.15) is 5.75 Å². The number of anilines is 1. The number of para-hydroxylation sites is 2. The van der Waals surface area contributed by atoms with E-state index in [0.717, 1.165) is 5.56 Å². The maximum absolute atomic E-state index is 12.7. The van der Waals surface area contributed by atoms with Crippen LogP contribution in [0, 0.1) is 6.92 Å². The van der Waals surface area contributed by atoms with Crippen LogP contribution in [0.25, 0.3) is 0 Å². The zero-order valence-corrected chi connectivity index (χ0v) is 15.5. The van der Waals surface area contributed by atoms with Crippen molar-refractivity contribution in [1.29, 1.82) is 0 Å². The van der Waals surface area contributed by atoms with E-state index in [-0.39, 0.29) is 12.6 Å². The Morgan fingerprint density at radius 1 is 1.19 bits per heavy atom. The van der Waals surface area contributed by atoms with Gasteiger partial charge in [-0.1, -0.05) is 24.3 Å². The number of hydrogen-bond acceptors (Lipinski definition) is 4. The van der Waals surface area contributed by atoms with Crippen molar-refractivity contribution in [2.24, 2.45) is 0 Å². The summed E-state index contributed by atoms with van der Waals surface area (Å²) in [5, 5.41) is 22.5. The molecule has 27 heavy (non-hydrogen) atoms. The summed E-state index contributed by atoms with van der Waals surface area (Å²) in [6.07, 6.45) is 1.49. The van der Waals surface area contributed by atoms with Crippen LogP contribution in [0.15, 0.2) is 48.5 Å². The van der Waals surface area contributed by atoms with Crippen molar-refractivity contribution in [3.63, 3.8) is 0 Å². The van der Waals surface area contributed by atoms with Gasteiger partial charge in [0.05, 0.1) is 17.9 Å². The molecular formula is C21H26N2O4. The molecule has 2 aromatic rings. The van der Waals surface area contributed by atoms with Crippen molar-refractivity contribution in [1.82, 2.24) is 4.90 Å². The molecule has 0 bridgehead atoms. The summed E-state index contributed by atoms with van der Waals surface area (Å²) >= 11 is 0. The number of aryl methyl sites for hydroxylation is 1. The van der Waals surface area contributed by atoms with Crippen molar-refractivity contribution in [3.05, 3.63) is 54.1 Å². The average molecular weight is 370 g/mol. The van der Waals surface area contributed by atoms with Gasteiger partial charge in [0, 0.05) is 13.1 Å². The number of carbonyl (C=O) groups is 1. The predicted molar refractivity (Wildman–Crippen MR) is 104 cm³/mol. The zero-order chi connectivity index (χ0) is 19.3. The molecule has 6 heteroatoms. The Kier molecular flexibility index (Phi) is 5.98. The first-order valence-corrected chi connectivity index (χ1v) is 9.22. The number of hydrogen-bond donors (Lipinski definition) is 3. The second-order valence-electron chi connectivity index (χ2n) is 7.07. The van der Waals surface area contributed by atoms with Gasteiger partial charge in [-0.05, 0) is 56.0 Å². The Morgan fingerprint density at radius 3 is 2.78 bits per heavy atom. The van der Waals surface area contributed by atoms with Crippen LogP contribution >= 0.6 is 0 Å². The summed E-state index contributed by atoms with van der Waals surface area (Å²) in [5.74, 6) is 1.28. The molecule has 0 spiro atoms. The van der Waals surface area contributed by atoms with E-state index in [1.807, 2.05) is 49.4 Å². The Bertz CT molecular complexity index is 795. The lowest BCUT2D eigenvalue weighted by Gasteiger charge is -2.24. The largest absolute Gasteiger partial charge is 0.455 e. The molecule has 1 atom stereocenters. The first-order valence-electron chi connectivity index (χ1n) is 9.22.